The Balaban J connectivity index is 1.89. The number of hydrogen-bond acceptors (Lipinski definition) is 6. The van der Waals surface area contributed by atoms with Crippen LogP contribution in [-0.4, -0.2) is 28.7 Å². The summed E-state index contributed by atoms with van der Waals surface area (Å²) in [7, 11) is 0. The summed E-state index contributed by atoms with van der Waals surface area (Å²) in [6.07, 6.45) is 1.14. The lowest BCUT2D eigenvalue weighted by molar-refractivity contribution is -0.385. The van der Waals surface area contributed by atoms with Crippen molar-refractivity contribution in [2.24, 2.45) is 5.10 Å². The van der Waals surface area contributed by atoms with Crippen LogP contribution in [0.4, 0.5) is 11.4 Å². The molecule has 2 aromatic carbocycles. The Labute approximate surface area is 138 Å². The van der Waals surface area contributed by atoms with Crippen molar-refractivity contribution in [2.45, 2.75) is 6.92 Å². The summed E-state index contributed by atoms with van der Waals surface area (Å²) < 4.78 is 0. The average molecular weight is 328 g/mol. The van der Waals surface area contributed by atoms with E-state index in [0.717, 1.165) is 17.5 Å². The highest BCUT2D eigenvalue weighted by Gasteiger charge is 2.15. The number of nitrogens with one attached hydrogen (secondary N) is 2. The molecule has 0 aromatic heterocycles. The van der Waals surface area contributed by atoms with Crippen LogP contribution in [0.2, 0.25) is 0 Å². The molecule has 0 aliphatic rings. The van der Waals surface area contributed by atoms with Gasteiger partial charge in [0.1, 0.15) is 0 Å². The molecule has 3 N–H and O–H groups in total. The van der Waals surface area contributed by atoms with Gasteiger partial charge in [0.15, 0.2) is 0 Å². The maximum absolute atomic E-state index is 11.7. The molecule has 1 amide bonds. The van der Waals surface area contributed by atoms with Gasteiger partial charge in [-0.2, -0.15) is 5.10 Å². The van der Waals surface area contributed by atoms with Crippen LogP contribution in [0.15, 0.2) is 47.6 Å². The standard InChI is InChI=1S/C16H16N4O4/c1-11-5-7-13(8-6-11)17-10-15(21)19-18-9-12-3-2-4-14(16(12)22)20(23)24/h2-9,17,22H,10H2,1H3,(H,19,21)/b18-9+. The van der Waals surface area contributed by atoms with E-state index in [1.54, 1.807) is 0 Å². The minimum atomic E-state index is -0.698. The zero-order valence-corrected chi connectivity index (χ0v) is 12.9. The Morgan fingerprint density at radius 3 is 2.67 bits per heavy atom. The lowest BCUT2D eigenvalue weighted by Crippen LogP contribution is -2.25. The fraction of sp³-hybridized carbons (Fsp3) is 0.125. The topological polar surface area (TPSA) is 117 Å². The van der Waals surface area contributed by atoms with Crippen molar-refractivity contribution in [1.82, 2.24) is 5.43 Å². The van der Waals surface area contributed by atoms with Crippen molar-refractivity contribution in [3.05, 3.63) is 63.7 Å². The lowest BCUT2D eigenvalue weighted by Gasteiger charge is -2.05. The molecular weight excluding hydrogens is 312 g/mol. The van der Waals surface area contributed by atoms with Gasteiger partial charge >= 0.3 is 5.69 Å². The Bertz CT molecular complexity index is 772. The van der Waals surface area contributed by atoms with Gasteiger partial charge in [-0.1, -0.05) is 23.8 Å². The second-order valence-corrected chi connectivity index (χ2v) is 4.98. The molecule has 0 saturated carbocycles. The van der Waals surface area contributed by atoms with Crippen LogP contribution in [-0.2, 0) is 4.79 Å². The summed E-state index contributed by atoms with van der Waals surface area (Å²) in [5.41, 5.74) is 3.91. The van der Waals surface area contributed by atoms with Crippen molar-refractivity contribution in [2.75, 3.05) is 11.9 Å². The number of phenols is 1. The minimum Gasteiger partial charge on any atom is -0.502 e. The van der Waals surface area contributed by atoms with E-state index in [4.69, 9.17) is 0 Å². The Hall–Kier alpha value is -3.42. The molecule has 0 aliphatic heterocycles. The molecule has 0 saturated heterocycles. The van der Waals surface area contributed by atoms with Crippen LogP contribution in [0.1, 0.15) is 11.1 Å². The zero-order valence-electron chi connectivity index (χ0n) is 12.9. The molecule has 2 rings (SSSR count). The number of aromatic hydroxyl groups is 1. The average Bonchev–Trinajstić information content (AvgIpc) is 2.55. The molecule has 0 aliphatic carbocycles. The number of amides is 1. The van der Waals surface area contributed by atoms with Crippen LogP contribution >= 0.6 is 0 Å². The summed E-state index contributed by atoms with van der Waals surface area (Å²) in [5, 5.41) is 27.1. The van der Waals surface area contributed by atoms with Gasteiger partial charge in [-0.25, -0.2) is 5.43 Å². The molecule has 0 radical (unpaired) electrons. The highest BCUT2D eigenvalue weighted by Crippen LogP contribution is 2.27. The van der Waals surface area contributed by atoms with Crippen LogP contribution < -0.4 is 10.7 Å². The Kier molecular flexibility index (Phi) is 5.45. The molecule has 124 valence electrons. The number of benzene rings is 2. The first kappa shape index (κ1) is 16.9. The van der Waals surface area contributed by atoms with E-state index in [0.29, 0.717) is 0 Å². The van der Waals surface area contributed by atoms with Crippen molar-refractivity contribution in [1.29, 1.82) is 0 Å². The van der Waals surface area contributed by atoms with Crippen LogP contribution in [0, 0.1) is 17.0 Å². The van der Waals surface area contributed by atoms with Gasteiger partial charge in [0.05, 0.1) is 17.7 Å². The molecule has 8 heteroatoms. The number of hydrogen-bond donors (Lipinski definition) is 3. The van der Waals surface area contributed by atoms with Gasteiger partial charge in [0, 0.05) is 17.3 Å². The third-order valence-electron chi connectivity index (χ3n) is 3.14. The highest BCUT2D eigenvalue weighted by molar-refractivity contribution is 5.87. The highest BCUT2D eigenvalue weighted by atomic mass is 16.6. The Morgan fingerprint density at radius 1 is 1.29 bits per heavy atom. The number of hydrazone groups is 1. The summed E-state index contributed by atoms with van der Waals surface area (Å²) in [6, 6.07) is 11.6. The third kappa shape index (κ3) is 4.54. The quantitative estimate of drug-likeness (QED) is 0.427. The van der Waals surface area contributed by atoms with E-state index in [9.17, 15) is 20.0 Å². The number of aryl methyl sites for hydroxylation is 1. The van der Waals surface area contributed by atoms with Crippen molar-refractivity contribution in [3.8, 4) is 5.75 Å². The number of nitrogens with zero attached hydrogens (tertiary/aromatic N) is 2. The fourth-order valence-corrected chi connectivity index (χ4v) is 1.87. The van der Waals surface area contributed by atoms with Gasteiger partial charge in [-0.3, -0.25) is 14.9 Å². The summed E-state index contributed by atoms with van der Waals surface area (Å²) in [6.45, 7) is 1.98. The monoisotopic (exact) mass is 328 g/mol. The second kappa shape index (κ2) is 7.73. The molecule has 0 heterocycles. The molecule has 0 unspecified atom stereocenters. The van der Waals surface area contributed by atoms with E-state index in [2.05, 4.69) is 15.8 Å². The first-order chi connectivity index (χ1) is 11.5. The number of phenolic OH excluding ortho intramolecular Hbond substituents is 1. The molecule has 24 heavy (non-hydrogen) atoms. The van der Waals surface area contributed by atoms with E-state index < -0.39 is 22.3 Å². The fourth-order valence-electron chi connectivity index (χ4n) is 1.87. The number of para-hydroxylation sites is 1. The van der Waals surface area contributed by atoms with Crippen LogP contribution in [0.25, 0.3) is 0 Å². The maximum atomic E-state index is 11.7. The predicted octanol–water partition coefficient (Wildman–Crippen LogP) is 2.17. The van der Waals surface area contributed by atoms with Crippen LogP contribution in [0.5, 0.6) is 5.75 Å². The van der Waals surface area contributed by atoms with Crippen molar-refractivity contribution in [3.63, 3.8) is 0 Å². The zero-order chi connectivity index (χ0) is 17.5. The van der Waals surface area contributed by atoms with E-state index in [1.165, 1.54) is 18.2 Å². The summed E-state index contributed by atoms with van der Waals surface area (Å²) in [5.74, 6) is -0.893. The van der Waals surface area contributed by atoms with Crippen LogP contribution in [0.3, 0.4) is 0 Å². The van der Waals surface area contributed by atoms with E-state index in [-0.39, 0.29) is 12.1 Å². The molecule has 0 spiro atoms. The van der Waals surface area contributed by atoms with E-state index in [1.807, 2.05) is 31.2 Å². The van der Waals surface area contributed by atoms with Crippen molar-refractivity contribution >= 4 is 23.5 Å². The first-order valence-electron chi connectivity index (χ1n) is 7.06. The predicted molar refractivity (Wildman–Crippen MR) is 90.2 cm³/mol. The SMILES string of the molecule is Cc1ccc(NCC(=O)N/N=C/c2cccc([N+](=O)[O-])c2O)cc1. The van der Waals surface area contributed by atoms with E-state index >= 15 is 0 Å². The first-order valence-corrected chi connectivity index (χ1v) is 7.06. The maximum Gasteiger partial charge on any atom is 0.311 e. The number of carbonyl (C=O) groups is 1. The summed E-state index contributed by atoms with van der Waals surface area (Å²) >= 11 is 0. The molecule has 0 fully saturated rings. The number of anilines is 1. The van der Waals surface area contributed by atoms with Gasteiger partial charge in [-0.05, 0) is 25.1 Å². The molecule has 0 bridgehead atoms. The Morgan fingerprint density at radius 2 is 2.00 bits per heavy atom. The van der Waals surface area contributed by atoms with Crippen molar-refractivity contribution < 1.29 is 14.8 Å². The van der Waals surface area contributed by atoms with Gasteiger partial charge < -0.3 is 10.4 Å². The largest absolute Gasteiger partial charge is 0.502 e. The molecule has 8 nitrogen and oxygen atoms in total. The normalized spacial score (nSPS) is 10.5. The third-order valence-corrected chi connectivity index (χ3v) is 3.14. The van der Waals surface area contributed by atoms with Gasteiger partial charge in [0.25, 0.3) is 5.91 Å². The van der Waals surface area contributed by atoms with Gasteiger partial charge in [0.2, 0.25) is 5.75 Å². The summed E-state index contributed by atoms with van der Waals surface area (Å²) in [4.78, 5) is 21.7. The van der Waals surface area contributed by atoms with Gasteiger partial charge in [-0.15, -0.1) is 0 Å². The number of rotatable bonds is 6. The minimum absolute atomic E-state index is 0.0152. The molecule has 2 aromatic rings. The number of nitro groups is 1. The lowest BCUT2D eigenvalue weighted by atomic mass is 10.2. The number of nitro benzene ring substituents is 1. The number of carbonyl (C=O) groups excluding carboxylic acids is 1. The second-order valence-electron chi connectivity index (χ2n) is 4.98. The molecule has 0 atom stereocenters. The smallest absolute Gasteiger partial charge is 0.311 e. The molecular formula is C16H16N4O4.